The van der Waals surface area contributed by atoms with Crippen LogP contribution in [0.5, 0.6) is 0 Å². The van der Waals surface area contributed by atoms with Gasteiger partial charge in [-0.15, -0.1) is 0 Å². The number of fused-ring (bicyclic) bond motifs is 1. The van der Waals surface area contributed by atoms with Gasteiger partial charge in [-0.2, -0.15) is 10.2 Å². The lowest BCUT2D eigenvalue weighted by molar-refractivity contribution is -0.271. The average molecular weight is 323 g/mol. The molecule has 1 fully saturated rings. The van der Waals surface area contributed by atoms with Crippen molar-refractivity contribution in [2.24, 2.45) is 5.92 Å². The van der Waals surface area contributed by atoms with E-state index in [1.54, 1.807) is 0 Å². The standard InChI is InChI=1S/C19H38N4/c1-19(2)16-12-8-7-9-13-17-14-10-11-15-18(17)20(3)22(5)23(6)21(19)4/h11,15,17-18H,7-10,12-14,16H2,1-6H3. The maximum Gasteiger partial charge on any atom is 0.0464 e. The van der Waals surface area contributed by atoms with E-state index in [-0.39, 0.29) is 5.54 Å². The van der Waals surface area contributed by atoms with E-state index >= 15 is 0 Å². The van der Waals surface area contributed by atoms with Gasteiger partial charge in [0.25, 0.3) is 0 Å². The molecule has 0 radical (unpaired) electrons. The summed E-state index contributed by atoms with van der Waals surface area (Å²) in [5.41, 5.74) is 0.180. The predicted molar refractivity (Wildman–Crippen MR) is 98.5 cm³/mol. The number of nitrogens with zero attached hydrogens (tertiary/aromatic N) is 4. The third-order valence-corrected chi connectivity index (χ3v) is 6.25. The molecule has 1 aliphatic heterocycles. The molecule has 0 bridgehead atoms. The van der Waals surface area contributed by atoms with E-state index in [1.165, 1.54) is 51.4 Å². The number of rotatable bonds is 0. The van der Waals surface area contributed by atoms with Crippen molar-refractivity contribution in [2.75, 3.05) is 28.2 Å². The SMILES string of the molecule is CN1C2C=CCCC2CCCCCCC(C)(C)N(C)N(C)N1C. The Balaban J connectivity index is 2.20. The van der Waals surface area contributed by atoms with E-state index < -0.39 is 0 Å². The first-order valence-electron chi connectivity index (χ1n) is 9.45. The molecule has 134 valence electrons. The molecule has 2 aliphatic rings. The Morgan fingerprint density at radius 3 is 2.30 bits per heavy atom. The number of hydrogen-bond acceptors (Lipinski definition) is 4. The molecule has 2 rings (SSSR count). The fraction of sp³-hybridized carbons (Fsp3) is 0.895. The van der Waals surface area contributed by atoms with Crippen LogP contribution in [0.2, 0.25) is 0 Å². The van der Waals surface area contributed by atoms with Crippen LogP contribution in [0.15, 0.2) is 12.2 Å². The van der Waals surface area contributed by atoms with Gasteiger partial charge in [-0.3, -0.25) is 0 Å². The van der Waals surface area contributed by atoms with Crippen molar-refractivity contribution in [1.29, 1.82) is 0 Å². The first-order chi connectivity index (χ1) is 10.8. The van der Waals surface area contributed by atoms with Crippen molar-refractivity contribution in [3.63, 3.8) is 0 Å². The maximum atomic E-state index is 2.43. The summed E-state index contributed by atoms with van der Waals surface area (Å²) in [5, 5.41) is 9.37. The minimum Gasteiger partial charge on any atom is -0.225 e. The summed E-state index contributed by atoms with van der Waals surface area (Å²) in [5.74, 6) is 0.792. The molecule has 0 N–H and O–H groups in total. The quantitative estimate of drug-likeness (QED) is 0.627. The molecular formula is C19H38N4. The second-order valence-corrected chi connectivity index (χ2v) is 8.10. The van der Waals surface area contributed by atoms with Crippen molar-refractivity contribution in [3.8, 4) is 0 Å². The van der Waals surface area contributed by atoms with Gasteiger partial charge in [0.05, 0.1) is 0 Å². The highest BCUT2D eigenvalue weighted by atomic mass is 16.0. The van der Waals surface area contributed by atoms with Crippen molar-refractivity contribution >= 4 is 0 Å². The van der Waals surface area contributed by atoms with Crippen LogP contribution in [0.1, 0.15) is 65.2 Å². The highest BCUT2D eigenvalue weighted by molar-refractivity contribution is 5.01. The lowest BCUT2D eigenvalue weighted by Crippen LogP contribution is -2.61. The number of hydrogen-bond donors (Lipinski definition) is 0. The Morgan fingerprint density at radius 2 is 1.57 bits per heavy atom. The molecule has 1 aliphatic carbocycles. The van der Waals surface area contributed by atoms with E-state index in [0.29, 0.717) is 6.04 Å². The van der Waals surface area contributed by atoms with Crippen LogP contribution in [-0.4, -0.2) is 60.0 Å². The van der Waals surface area contributed by atoms with Gasteiger partial charge >= 0.3 is 0 Å². The van der Waals surface area contributed by atoms with E-state index in [4.69, 9.17) is 0 Å². The smallest absolute Gasteiger partial charge is 0.0464 e. The van der Waals surface area contributed by atoms with Crippen LogP contribution in [0.25, 0.3) is 0 Å². The van der Waals surface area contributed by atoms with Gasteiger partial charge in [-0.05, 0) is 45.4 Å². The minimum atomic E-state index is 0.180. The van der Waals surface area contributed by atoms with Crippen molar-refractivity contribution in [3.05, 3.63) is 12.2 Å². The Hall–Kier alpha value is -0.420. The molecule has 4 nitrogen and oxygen atoms in total. The Kier molecular flexibility index (Phi) is 6.66. The zero-order valence-electron chi connectivity index (χ0n) is 16.3. The Morgan fingerprint density at radius 1 is 0.870 bits per heavy atom. The van der Waals surface area contributed by atoms with E-state index in [2.05, 4.69) is 74.4 Å². The molecule has 1 heterocycles. The van der Waals surface area contributed by atoms with Gasteiger partial charge in [-0.25, -0.2) is 10.0 Å². The fourth-order valence-electron chi connectivity index (χ4n) is 4.08. The van der Waals surface area contributed by atoms with Crippen LogP contribution < -0.4 is 0 Å². The molecule has 0 spiro atoms. The van der Waals surface area contributed by atoms with Gasteiger partial charge in [0.15, 0.2) is 0 Å². The summed E-state index contributed by atoms with van der Waals surface area (Å²) >= 11 is 0. The van der Waals surface area contributed by atoms with Gasteiger partial charge in [0, 0.05) is 39.8 Å². The summed E-state index contributed by atoms with van der Waals surface area (Å²) in [6.45, 7) is 4.72. The number of likely N-dealkylation sites (N-methyl/N-ethyl adjacent to an activating group) is 1. The fourth-order valence-corrected chi connectivity index (χ4v) is 4.08. The van der Waals surface area contributed by atoms with Crippen molar-refractivity contribution in [2.45, 2.75) is 76.8 Å². The van der Waals surface area contributed by atoms with Crippen LogP contribution >= 0.6 is 0 Å². The molecule has 0 amide bonds. The molecule has 23 heavy (non-hydrogen) atoms. The Bertz CT molecular complexity index is 393. The van der Waals surface area contributed by atoms with Crippen molar-refractivity contribution in [1.82, 2.24) is 20.3 Å². The summed E-state index contributed by atoms with van der Waals surface area (Å²) < 4.78 is 0. The zero-order chi connectivity index (χ0) is 17.0. The maximum absolute atomic E-state index is 2.43. The Labute approximate surface area is 144 Å². The molecule has 0 saturated carbocycles. The normalized spacial score (nSPS) is 33.5. The molecule has 4 heteroatoms. The van der Waals surface area contributed by atoms with Gasteiger partial charge in [0.1, 0.15) is 0 Å². The topological polar surface area (TPSA) is 13.0 Å². The summed E-state index contributed by atoms with van der Waals surface area (Å²) in [6, 6.07) is 0.522. The molecule has 2 unspecified atom stereocenters. The molecule has 0 aromatic heterocycles. The molecular weight excluding hydrogens is 284 g/mol. The van der Waals surface area contributed by atoms with E-state index in [0.717, 1.165) is 5.92 Å². The molecule has 0 aromatic rings. The van der Waals surface area contributed by atoms with Gasteiger partial charge in [-0.1, -0.05) is 37.8 Å². The van der Waals surface area contributed by atoms with E-state index in [1.807, 2.05) is 0 Å². The number of hydrazine groups is 3. The first-order valence-corrected chi connectivity index (χ1v) is 9.45. The summed E-state index contributed by atoms with van der Waals surface area (Å²) in [6.07, 6.45) is 15.5. The van der Waals surface area contributed by atoms with Gasteiger partial charge < -0.3 is 0 Å². The second kappa shape index (κ2) is 8.11. The lowest BCUT2D eigenvalue weighted by atomic mass is 9.85. The zero-order valence-corrected chi connectivity index (χ0v) is 16.3. The molecule has 2 atom stereocenters. The highest BCUT2D eigenvalue weighted by Gasteiger charge is 2.33. The number of allylic oxidation sites excluding steroid dienone is 1. The molecule has 0 aromatic carbocycles. The van der Waals surface area contributed by atoms with Crippen LogP contribution in [0.4, 0.5) is 0 Å². The monoisotopic (exact) mass is 322 g/mol. The van der Waals surface area contributed by atoms with Crippen LogP contribution in [0.3, 0.4) is 0 Å². The predicted octanol–water partition coefficient (Wildman–Crippen LogP) is 3.93. The molecule has 1 saturated heterocycles. The minimum absolute atomic E-state index is 0.180. The lowest BCUT2D eigenvalue weighted by Gasteiger charge is -2.49. The largest absolute Gasteiger partial charge is 0.225 e. The third kappa shape index (κ3) is 4.56. The summed E-state index contributed by atoms with van der Waals surface area (Å²) in [4.78, 5) is 0. The first kappa shape index (κ1) is 18.9. The third-order valence-electron chi connectivity index (χ3n) is 6.25. The average Bonchev–Trinajstić information content (AvgIpc) is 2.55. The van der Waals surface area contributed by atoms with Crippen LogP contribution in [0, 0.1) is 5.92 Å². The highest BCUT2D eigenvalue weighted by Crippen LogP contribution is 2.30. The van der Waals surface area contributed by atoms with Crippen molar-refractivity contribution < 1.29 is 0 Å². The second-order valence-electron chi connectivity index (χ2n) is 8.10. The van der Waals surface area contributed by atoms with Gasteiger partial charge in [0.2, 0.25) is 0 Å². The van der Waals surface area contributed by atoms with E-state index in [9.17, 15) is 0 Å². The summed E-state index contributed by atoms with van der Waals surface area (Å²) in [7, 11) is 8.83. The van der Waals surface area contributed by atoms with Crippen LogP contribution in [-0.2, 0) is 0 Å².